The molecule has 7 heteroatoms. The number of benzene rings is 1. The van der Waals surface area contributed by atoms with E-state index in [1.54, 1.807) is 11.3 Å². The first-order chi connectivity index (χ1) is 9.16. The fraction of sp³-hybridized carbons (Fsp3) is 0. The fourth-order valence-electron chi connectivity index (χ4n) is 1.74. The zero-order valence-corrected chi connectivity index (χ0v) is 14.2. The molecule has 0 spiro atoms. The molecule has 0 saturated heterocycles. The summed E-state index contributed by atoms with van der Waals surface area (Å²) in [6, 6.07) is 12.0. The van der Waals surface area contributed by atoms with Crippen LogP contribution in [0.15, 0.2) is 44.7 Å². The predicted molar refractivity (Wildman–Crippen MR) is 87.5 cm³/mol. The van der Waals surface area contributed by atoms with E-state index in [2.05, 4.69) is 42.1 Å². The Morgan fingerprint density at radius 2 is 1.95 bits per heavy atom. The second-order valence-corrected chi connectivity index (χ2v) is 7.37. The van der Waals surface area contributed by atoms with Gasteiger partial charge in [-0.15, -0.1) is 11.3 Å². The molecule has 3 nitrogen and oxygen atoms in total. The Labute approximate surface area is 135 Å². The van der Waals surface area contributed by atoms with Crippen LogP contribution in [0.25, 0.3) is 16.4 Å². The van der Waals surface area contributed by atoms with E-state index in [0.717, 1.165) is 24.6 Å². The highest BCUT2D eigenvalue weighted by atomic mass is 79.9. The molecule has 2 aromatic heterocycles. The normalized spacial score (nSPS) is 10.8. The Morgan fingerprint density at radius 1 is 1.21 bits per heavy atom. The van der Waals surface area contributed by atoms with Gasteiger partial charge in [0, 0.05) is 10.2 Å². The van der Waals surface area contributed by atoms with Gasteiger partial charge in [-0.05, 0) is 62.3 Å². The number of nitrogens with one attached hydrogen (secondary N) is 1. The number of nitrogens with zero attached hydrogens (tertiary/aromatic N) is 2. The lowest BCUT2D eigenvalue weighted by atomic mass is 10.3. The van der Waals surface area contributed by atoms with Gasteiger partial charge in [-0.2, -0.15) is 5.10 Å². The molecular weight excluding hydrogens is 410 g/mol. The summed E-state index contributed by atoms with van der Waals surface area (Å²) in [5.74, 6) is 0.813. The van der Waals surface area contributed by atoms with Crippen molar-refractivity contribution >= 4 is 55.4 Å². The summed E-state index contributed by atoms with van der Waals surface area (Å²) >= 11 is 13.9. The highest BCUT2D eigenvalue weighted by Gasteiger charge is 2.14. The number of aromatic nitrogens is 3. The maximum absolute atomic E-state index is 5.32. The minimum Gasteiger partial charge on any atom is -0.267 e. The first-order valence-corrected chi connectivity index (χ1v) is 8.16. The van der Waals surface area contributed by atoms with Gasteiger partial charge in [0.15, 0.2) is 10.6 Å². The monoisotopic (exact) mass is 415 g/mol. The number of halogens is 2. The predicted octanol–water partition coefficient (Wildman–Crippen LogP) is 5.18. The van der Waals surface area contributed by atoms with E-state index < -0.39 is 0 Å². The highest BCUT2D eigenvalue weighted by Crippen LogP contribution is 2.38. The summed E-state index contributed by atoms with van der Waals surface area (Å²) < 4.78 is 4.57. The topological polar surface area (TPSA) is 33.6 Å². The van der Waals surface area contributed by atoms with Gasteiger partial charge in [0.05, 0.1) is 8.66 Å². The Kier molecular flexibility index (Phi) is 3.70. The van der Waals surface area contributed by atoms with E-state index >= 15 is 0 Å². The van der Waals surface area contributed by atoms with Crippen LogP contribution in [0.1, 0.15) is 0 Å². The van der Waals surface area contributed by atoms with E-state index in [1.807, 2.05) is 41.0 Å². The molecule has 96 valence electrons. The summed E-state index contributed by atoms with van der Waals surface area (Å²) in [5.41, 5.74) is 0.997. The second-order valence-electron chi connectivity index (χ2n) is 3.76. The summed E-state index contributed by atoms with van der Waals surface area (Å²) in [4.78, 5) is 1.04. The van der Waals surface area contributed by atoms with Gasteiger partial charge in [-0.1, -0.05) is 18.2 Å². The van der Waals surface area contributed by atoms with E-state index in [9.17, 15) is 0 Å². The number of thiophene rings is 1. The van der Waals surface area contributed by atoms with Crippen LogP contribution in [0.3, 0.4) is 0 Å². The zero-order chi connectivity index (χ0) is 13.4. The Bertz CT molecular complexity index is 754. The van der Waals surface area contributed by atoms with Crippen molar-refractivity contribution in [2.24, 2.45) is 0 Å². The molecule has 0 atom stereocenters. The molecule has 3 aromatic rings. The molecule has 0 saturated carbocycles. The van der Waals surface area contributed by atoms with Crippen molar-refractivity contribution in [2.45, 2.75) is 0 Å². The van der Waals surface area contributed by atoms with E-state index in [1.165, 1.54) is 0 Å². The molecule has 0 unspecified atom stereocenters. The van der Waals surface area contributed by atoms with Crippen LogP contribution in [0.4, 0.5) is 0 Å². The van der Waals surface area contributed by atoms with Crippen LogP contribution in [-0.2, 0) is 0 Å². The van der Waals surface area contributed by atoms with E-state index in [4.69, 9.17) is 12.2 Å². The van der Waals surface area contributed by atoms with Crippen molar-refractivity contribution in [3.05, 3.63) is 49.4 Å². The smallest absolute Gasteiger partial charge is 0.200 e. The van der Waals surface area contributed by atoms with Crippen molar-refractivity contribution in [3.8, 4) is 16.4 Å². The SMILES string of the molecule is S=c1[nH]nc(-c2cc(Br)c(Br)s2)n1-c1ccccc1. The van der Waals surface area contributed by atoms with Crippen LogP contribution in [-0.4, -0.2) is 14.8 Å². The molecule has 0 aliphatic rings. The third kappa shape index (κ3) is 2.47. The molecule has 0 radical (unpaired) electrons. The summed E-state index contributed by atoms with van der Waals surface area (Å²) in [5, 5.41) is 7.19. The van der Waals surface area contributed by atoms with Crippen LogP contribution >= 0.6 is 55.4 Å². The van der Waals surface area contributed by atoms with Crippen molar-refractivity contribution in [1.29, 1.82) is 0 Å². The average molecular weight is 417 g/mol. The average Bonchev–Trinajstić information content (AvgIpc) is 2.95. The standard InChI is InChI=1S/C12H7Br2N3S2/c13-8-6-9(19-10(8)14)11-15-16-12(18)17(11)7-4-2-1-3-5-7/h1-6H,(H,16,18). The van der Waals surface area contributed by atoms with Gasteiger partial charge in [0.2, 0.25) is 0 Å². The van der Waals surface area contributed by atoms with E-state index in [-0.39, 0.29) is 0 Å². The summed E-state index contributed by atoms with van der Waals surface area (Å²) in [6.45, 7) is 0. The van der Waals surface area contributed by atoms with Gasteiger partial charge in [0.1, 0.15) is 0 Å². The Balaban J connectivity index is 2.22. The molecule has 0 amide bonds. The summed E-state index contributed by atoms with van der Waals surface area (Å²) in [6.07, 6.45) is 0. The molecule has 0 aliphatic carbocycles. The highest BCUT2D eigenvalue weighted by molar-refractivity contribution is 9.13. The van der Waals surface area contributed by atoms with E-state index in [0.29, 0.717) is 4.77 Å². The third-order valence-corrected chi connectivity index (χ3v) is 6.08. The molecule has 0 bridgehead atoms. The lowest BCUT2D eigenvalue weighted by Gasteiger charge is -2.04. The zero-order valence-electron chi connectivity index (χ0n) is 9.43. The quantitative estimate of drug-likeness (QED) is 0.583. The van der Waals surface area contributed by atoms with Crippen molar-refractivity contribution < 1.29 is 0 Å². The number of rotatable bonds is 2. The number of hydrogen-bond acceptors (Lipinski definition) is 3. The lowest BCUT2D eigenvalue weighted by molar-refractivity contribution is 1.04. The maximum Gasteiger partial charge on any atom is 0.200 e. The van der Waals surface area contributed by atoms with Gasteiger partial charge in [-0.3, -0.25) is 9.67 Å². The van der Waals surface area contributed by atoms with Crippen molar-refractivity contribution in [1.82, 2.24) is 14.8 Å². The molecule has 19 heavy (non-hydrogen) atoms. The second kappa shape index (κ2) is 5.32. The molecule has 3 rings (SSSR count). The number of hydrogen-bond donors (Lipinski definition) is 1. The van der Waals surface area contributed by atoms with Crippen LogP contribution in [0, 0.1) is 4.77 Å². The first kappa shape index (κ1) is 13.2. The summed E-state index contributed by atoms with van der Waals surface area (Å²) in [7, 11) is 0. The number of aromatic amines is 1. The molecular formula is C12H7Br2N3S2. The first-order valence-electron chi connectivity index (χ1n) is 5.35. The molecule has 0 fully saturated rings. The minimum absolute atomic E-state index is 0.585. The fourth-order valence-corrected chi connectivity index (χ4v) is 3.99. The largest absolute Gasteiger partial charge is 0.267 e. The Morgan fingerprint density at radius 3 is 2.58 bits per heavy atom. The lowest BCUT2D eigenvalue weighted by Crippen LogP contribution is -1.96. The number of H-pyrrole nitrogens is 1. The number of para-hydroxylation sites is 1. The minimum atomic E-state index is 0.585. The van der Waals surface area contributed by atoms with Crippen molar-refractivity contribution in [2.75, 3.05) is 0 Å². The van der Waals surface area contributed by atoms with Gasteiger partial charge >= 0.3 is 0 Å². The van der Waals surface area contributed by atoms with Crippen LogP contribution in [0.5, 0.6) is 0 Å². The van der Waals surface area contributed by atoms with Gasteiger partial charge < -0.3 is 0 Å². The third-order valence-electron chi connectivity index (χ3n) is 2.55. The molecule has 2 heterocycles. The Hall–Kier alpha value is -0.760. The van der Waals surface area contributed by atoms with Gasteiger partial charge in [0.25, 0.3) is 0 Å². The van der Waals surface area contributed by atoms with Crippen LogP contribution < -0.4 is 0 Å². The molecule has 1 aromatic carbocycles. The van der Waals surface area contributed by atoms with Crippen LogP contribution in [0.2, 0.25) is 0 Å². The maximum atomic E-state index is 5.32. The van der Waals surface area contributed by atoms with Gasteiger partial charge in [-0.25, -0.2) is 0 Å². The molecule has 0 aliphatic heterocycles. The molecule has 1 N–H and O–H groups in total. The van der Waals surface area contributed by atoms with Crippen molar-refractivity contribution in [3.63, 3.8) is 0 Å².